The molecular formula is C30H28Cl2N4O3S. The van der Waals surface area contributed by atoms with E-state index in [1.807, 2.05) is 75.6 Å². The van der Waals surface area contributed by atoms with Gasteiger partial charge in [-0.1, -0.05) is 35.3 Å². The second kappa shape index (κ2) is 12.6. The molecule has 0 saturated heterocycles. The van der Waals surface area contributed by atoms with Crippen LogP contribution in [0.3, 0.4) is 0 Å². The second-order valence-electron chi connectivity index (χ2n) is 9.18. The number of hydrogen-bond acceptors (Lipinski definition) is 5. The summed E-state index contributed by atoms with van der Waals surface area (Å²) in [6.45, 7) is 1.78. The lowest BCUT2D eigenvalue weighted by molar-refractivity contribution is -0.120. The highest BCUT2D eigenvalue weighted by atomic mass is 35.5. The zero-order valence-corrected chi connectivity index (χ0v) is 24.1. The Labute approximate surface area is 246 Å². The molecule has 1 atom stereocenters. The number of ether oxygens (including phenoxy) is 2. The van der Waals surface area contributed by atoms with Crippen LogP contribution in [0, 0.1) is 5.41 Å². The zero-order chi connectivity index (χ0) is 28.1. The van der Waals surface area contributed by atoms with Crippen molar-refractivity contribution in [2.75, 3.05) is 20.3 Å². The highest BCUT2D eigenvalue weighted by Gasteiger charge is 2.31. The van der Waals surface area contributed by atoms with E-state index < -0.39 is 0 Å². The molecule has 0 aliphatic carbocycles. The number of methoxy groups -OCH3 is 1. The normalized spacial score (nSPS) is 14.3. The minimum atomic E-state index is -0.172. The highest BCUT2D eigenvalue weighted by molar-refractivity contribution is 7.06. The van der Waals surface area contributed by atoms with E-state index in [4.69, 9.17) is 38.1 Å². The molecule has 1 aliphatic heterocycles. The van der Waals surface area contributed by atoms with Crippen molar-refractivity contribution in [3.05, 3.63) is 110 Å². The lowest BCUT2D eigenvalue weighted by Gasteiger charge is -2.33. The van der Waals surface area contributed by atoms with Crippen LogP contribution in [-0.4, -0.2) is 41.1 Å². The van der Waals surface area contributed by atoms with Crippen LogP contribution in [-0.2, 0) is 17.8 Å². The molecule has 1 aliphatic rings. The van der Waals surface area contributed by atoms with Crippen molar-refractivity contribution in [1.29, 1.82) is 5.41 Å². The maximum Gasteiger partial charge on any atom is 0.210 e. The van der Waals surface area contributed by atoms with Gasteiger partial charge in [0, 0.05) is 44.8 Å². The number of thiazole rings is 1. The molecule has 0 fully saturated rings. The smallest absolute Gasteiger partial charge is 0.210 e. The molecule has 0 saturated carbocycles. The number of H-pyrrole nitrogens is 1. The number of amides is 1. The first-order valence-corrected chi connectivity index (χ1v) is 14.3. The highest BCUT2D eigenvalue weighted by Crippen LogP contribution is 2.38. The number of benzene rings is 3. The molecular weight excluding hydrogens is 567 g/mol. The Morgan fingerprint density at radius 1 is 1.05 bits per heavy atom. The third kappa shape index (κ3) is 6.20. The molecule has 40 heavy (non-hydrogen) atoms. The van der Waals surface area contributed by atoms with E-state index >= 15 is 0 Å². The molecule has 0 spiro atoms. The summed E-state index contributed by atoms with van der Waals surface area (Å²) in [4.78, 5) is 17.7. The van der Waals surface area contributed by atoms with Crippen molar-refractivity contribution in [3.63, 3.8) is 0 Å². The molecule has 6 rings (SSSR count). The Kier molecular flexibility index (Phi) is 8.79. The molecule has 1 unspecified atom stereocenters. The van der Waals surface area contributed by atoms with Gasteiger partial charge in [0.2, 0.25) is 6.41 Å². The van der Waals surface area contributed by atoms with E-state index in [-0.39, 0.29) is 6.04 Å². The Morgan fingerprint density at radius 2 is 1.77 bits per heavy atom. The Bertz CT molecular complexity index is 1640. The first-order valence-electron chi connectivity index (χ1n) is 12.7. The SMILES string of the molecule is COc1ccc(Cl)cc1.N=c1sccn1CCOc1ccc(C2c3[nH]c4ccc(Cl)cc4c3CCN2C=O)cc1. The van der Waals surface area contributed by atoms with Gasteiger partial charge in [0.15, 0.2) is 4.80 Å². The second-order valence-corrected chi connectivity index (χ2v) is 10.9. The third-order valence-electron chi connectivity index (χ3n) is 6.79. The topological polar surface area (TPSA) is 83.3 Å². The van der Waals surface area contributed by atoms with E-state index in [1.54, 1.807) is 19.2 Å². The van der Waals surface area contributed by atoms with E-state index in [9.17, 15) is 4.79 Å². The van der Waals surface area contributed by atoms with Crippen LogP contribution in [0.25, 0.3) is 10.9 Å². The first kappa shape index (κ1) is 27.8. The molecule has 0 bridgehead atoms. The largest absolute Gasteiger partial charge is 0.497 e. The Hall–Kier alpha value is -3.72. The van der Waals surface area contributed by atoms with Crippen molar-refractivity contribution in [2.24, 2.45) is 0 Å². The number of carbonyl (C=O) groups is 1. The summed E-state index contributed by atoms with van der Waals surface area (Å²) in [6.07, 6.45) is 3.61. The summed E-state index contributed by atoms with van der Waals surface area (Å²) in [5, 5.41) is 12.3. The number of aromatic amines is 1. The molecule has 2 N–H and O–H groups in total. The van der Waals surface area contributed by atoms with Gasteiger partial charge in [0.1, 0.15) is 18.1 Å². The van der Waals surface area contributed by atoms with Gasteiger partial charge < -0.3 is 23.9 Å². The average Bonchev–Trinajstić information content (AvgIpc) is 3.56. The van der Waals surface area contributed by atoms with Gasteiger partial charge in [-0.25, -0.2) is 0 Å². The minimum Gasteiger partial charge on any atom is -0.497 e. The maximum absolute atomic E-state index is 11.8. The summed E-state index contributed by atoms with van der Waals surface area (Å²) in [5.74, 6) is 1.60. The maximum atomic E-state index is 11.8. The van der Waals surface area contributed by atoms with Crippen LogP contribution in [0.1, 0.15) is 22.9 Å². The summed E-state index contributed by atoms with van der Waals surface area (Å²) in [5.41, 5.74) is 4.33. The van der Waals surface area contributed by atoms with Crippen LogP contribution in [0.15, 0.2) is 78.3 Å². The molecule has 3 aromatic carbocycles. The predicted molar refractivity (Wildman–Crippen MR) is 160 cm³/mol. The van der Waals surface area contributed by atoms with Gasteiger partial charge in [0.05, 0.1) is 19.7 Å². The molecule has 7 nitrogen and oxygen atoms in total. The van der Waals surface area contributed by atoms with Gasteiger partial charge in [-0.15, -0.1) is 11.3 Å². The van der Waals surface area contributed by atoms with Gasteiger partial charge in [-0.3, -0.25) is 10.2 Å². The molecule has 5 aromatic rings. The van der Waals surface area contributed by atoms with Crippen molar-refractivity contribution in [2.45, 2.75) is 19.0 Å². The fourth-order valence-electron chi connectivity index (χ4n) is 4.81. The quantitative estimate of drug-likeness (QED) is 0.206. The number of rotatable bonds is 7. The fraction of sp³-hybridized carbons (Fsp3) is 0.200. The summed E-state index contributed by atoms with van der Waals surface area (Å²) in [6, 6.07) is 20.8. The average molecular weight is 596 g/mol. The minimum absolute atomic E-state index is 0.172. The molecule has 10 heteroatoms. The lowest BCUT2D eigenvalue weighted by Crippen LogP contribution is -2.34. The van der Waals surface area contributed by atoms with Crippen LogP contribution in [0.4, 0.5) is 0 Å². The van der Waals surface area contributed by atoms with E-state index in [1.165, 1.54) is 16.9 Å². The number of nitrogens with one attached hydrogen (secondary N) is 2. The van der Waals surface area contributed by atoms with Crippen LogP contribution >= 0.6 is 34.5 Å². The van der Waals surface area contributed by atoms with Gasteiger partial charge >= 0.3 is 0 Å². The number of halogens is 2. The Balaban J connectivity index is 0.000000306. The van der Waals surface area contributed by atoms with Crippen molar-refractivity contribution >= 4 is 51.9 Å². The third-order valence-corrected chi connectivity index (χ3v) is 7.99. The van der Waals surface area contributed by atoms with Crippen molar-refractivity contribution in [3.8, 4) is 11.5 Å². The molecule has 3 heterocycles. The van der Waals surface area contributed by atoms with E-state index in [0.717, 1.165) is 51.5 Å². The number of aromatic nitrogens is 2. The number of hydrogen-bond donors (Lipinski definition) is 2. The molecule has 206 valence electrons. The van der Waals surface area contributed by atoms with E-state index in [2.05, 4.69) is 4.98 Å². The van der Waals surface area contributed by atoms with Gasteiger partial charge in [-0.05, 0) is 72.1 Å². The molecule has 1 amide bonds. The van der Waals surface area contributed by atoms with Crippen molar-refractivity contribution < 1.29 is 14.3 Å². The number of nitrogens with zero attached hydrogens (tertiary/aromatic N) is 2. The predicted octanol–water partition coefficient (Wildman–Crippen LogP) is 6.70. The zero-order valence-electron chi connectivity index (χ0n) is 21.8. The standard InChI is InChI=1S/C23H21ClN4O2S.C7H7ClO/c24-16-3-6-20-19(13-16)18-7-8-28(14-29)22(21(18)26-20)15-1-4-17(5-2-15)30-11-9-27-10-12-31-23(27)25;1-9-7-4-2-6(8)3-5-7/h1-6,10,12-14,22,25-26H,7-9,11H2;2-5H,1H3. The lowest BCUT2D eigenvalue weighted by atomic mass is 9.93. The van der Waals surface area contributed by atoms with Crippen LogP contribution in [0.2, 0.25) is 10.0 Å². The summed E-state index contributed by atoms with van der Waals surface area (Å²) < 4.78 is 12.6. The summed E-state index contributed by atoms with van der Waals surface area (Å²) >= 11 is 13.2. The molecule has 2 aromatic heterocycles. The van der Waals surface area contributed by atoms with Crippen LogP contribution in [0.5, 0.6) is 11.5 Å². The molecule has 0 radical (unpaired) electrons. The number of fused-ring (bicyclic) bond motifs is 3. The van der Waals surface area contributed by atoms with E-state index in [0.29, 0.717) is 29.5 Å². The van der Waals surface area contributed by atoms with Gasteiger partial charge in [0.25, 0.3) is 0 Å². The summed E-state index contributed by atoms with van der Waals surface area (Å²) in [7, 11) is 1.63. The fourth-order valence-corrected chi connectivity index (χ4v) is 5.73. The van der Waals surface area contributed by atoms with Gasteiger partial charge in [-0.2, -0.15) is 0 Å². The first-order chi connectivity index (χ1) is 19.5. The van der Waals surface area contributed by atoms with Crippen LogP contribution < -0.4 is 14.3 Å². The number of carbonyl (C=O) groups excluding carboxylic acids is 1. The monoisotopic (exact) mass is 594 g/mol. The Morgan fingerprint density at radius 3 is 2.45 bits per heavy atom. The van der Waals surface area contributed by atoms with Crippen molar-refractivity contribution in [1.82, 2.24) is 14.5 Å².